The highest BCUT2D eigenvalue weighted by atomic mass is 32.2. The third kappa shape index (κ3) is 5.17. The highest BCUT2D eigenvalue weighted by Gasteiger charge is 2.13. The van der Waals surface area contributed by atoms with Crippen molar-refractivity contribution in [1.29, 1.82) is 0 Å². The Morgan fingerprint density at radius 2 is 1.93 bits per heavy atom. The molecule has 1 heterocycles. The Bertz CT molecular complexity index is 910. The zero-order valence-corrected chi connectivity index (χ0v) is 16.5. The van der Waals surface area contributed by atoms with Crippen molar-refractivity contribution in [2.45, 2.75) is 38.5 Å². The third-order valence-corrected chi connectivity index (χ3v) is 5.37. The van der Waals surface area contributed by atoms with Crippen molar-refractivity contribution in [2.24, 2.45) is 0 Å². The Hall–Kier alpha value is -2.67. The fraction of sp³-hybridized carbons (Fsp3) is 0.300. The molecule has 1 atom stereocenters. The average molecular weight is 382 g/mol. The van der Waals surface area contributed by atoms with Crippen LogP contribution in [0.15, 0.2) is 53.7 Å². The van der Waals surface area contributed by atoms with E-state index in [1.54, 1.807) is 4.68 Å². The van der Waals surface area contributed by atoms with Gasteiger partial charge in [0.15, 0.2) is 0 Å². The van der Waals surface area contributed by atoms with Gasteiger partial charge in [0, 0.05) is 0 Å². The van der Waals surface area contributed by atoms with Gasteiger partial charge in [-0.3, -0.25) is 4.79 Å². The zero-order valence-electron chi connectivity index (χ0n) is 15.7. The molecule has 7 heteroatoms. The maximum Gasteiger partial charge on any atom is 0.230 e. The van der Waals surface area contributed by atoms with E-state index in [0.29, 0.717) is 11.7 Å². The van der Waals surface area contributed by atoms with Gasteiger partial charge in [-0.25, -0.2) is 4.68 Å². The Kier molecular flexibility index (Phi) is 6.24. The smallest absolute Gasteiger partial charge is 0.230 e. The molecular weight excluding hydrogens is 358 g/mol. The second-order valence-corrected chi connectivity index (χ2v) is 7.47. The molecule has 140 valence electrons. The van der Waals surface area contributed by atoms with Crippen LogP contribution in [0.4, 0.5) is 0 Å². The summed E-state index contributed by atoms with van der Waals surface area (Å²) in [5, 5.41) is 15.4. The van der Waals surface area contributed by atoms with Gasteiger partial charge < -0.3 is 5.32 Å². The van der Waals surface area contributed by atoms with Gasteiger partial charge in [0.1, 0.15) is 0 Å². The fourth-order valence-corrected chi connectivity index (χ4v) is 3.37. The van der Waals surface area contributed by atoms with Gasteiger partial charge in [-0.15, -0.1) is 5.10 Å². The predicted octanol–water partition coefficient (Wildman–Crippen LogP) is 3.31. The lowest BCUT2D eigenvalue weighted by atomic mass is 10.0. The summed E-state index contributed by atoms with van der Waals surface area (Å²) in [6.45, 7) is 6.73. The van der Waals surface area contributed by atoms with Crippen LogP contribution in [0.5, 0.6) is 0 Å². The van der Waals surface area contributed by atoms with E-state index in [0.717, 1.165) is 11.1 Å². The SMILES string of the molecule is Cc1ccc(C(C)NC(=O)CSc2nnnn2Cc2ccccc2)cc1C. The van der Waals surface area contributed by atoms with Crippen molar-refractivity contribution < 1.29 is 4.79 Å². The molecule has 1 N–H and O–H groups in total. The second-order valence-electron chi connectivity index (χ2n) is 6.53. The molecule has 1 aromatic heterocycles. The Labute approximate surface area is 163 Å². The largest absolute Gasteiger partial charge is 0.349 e. The van der Waals surface area contributed by atoms with Crippen molar-refractivity contribution in [1.82, 2.24) is 25.5 Å². The number of nitrogens with one attached hydrogen (secondary N) is 1. The number of carbonyl (C=O) groups is 1. The zero-order chi connectivity index (χ0) is 19.2. The van der Waals surface area contributed by atoms with E-state index < -0.39 is 0 Å². The van der Waals surface area contributed by atoms with Gasteiger partial charge in [0.2, 0.25) is 11.1 Å². The molecule has 1 amide bonds. The van der Waals surface area contributed by atoms with E-state index in [4.69, 9.17) is 0 Å². The Morgan fingerprint density at radius 1 is 1.15 bits per heavy atom. The number of amides is 1. The lowest BCUT2D eigenvalue weighted by Crippen LogP contribution is -2.28. The molecule has 0 aliphatic carbocycles. The quantitative estimate of drug-likeness (QED) is 0.636. The van der Waals surface area contributed by atoms with Crippen LogP contribution in [-0.4, -0.2) is 31.9 Å². The summed E-state index contributed by atoms with van der Waals surface area (Å²) >= 11 is 1.34. The van der Waals surface area contributed by atoms with Crippen LogP contribution >= 0.6 is 11.8 Å². The molecule has 6 nitrogen and oxygen atoms in total. The van der Waals surface area contributed by atoms with Crippen LogP contribution in [0.25, 0.3) is 0 Å². The molecule has 0 saturated heterocycles. The highest BCUT2D eigenvalue weighted by molar-refractivity contribution is 7.99. The summed E-state index contributed by atoms with van der Waals surface area (Å²) in [6.07, 6.45) is 0. The first kappa shape index (κ1) is 19.1. The normalized spacial score (nSPS) is 12.0. The molecule has 3 aromatic rings. The van der Waals surface area contributed by atoms with Gasteiger partial charge >= 0.3 is 0 Å². The molecule has 0 saturated carbocycles. The minimum absolute atomic E-state index is 0.0417. The summed E-state index contributed by atoms with van der Waals surface area (Å²) in [5.74, 6) is 0.227. The number of hydrogen-bond acceptors (Lipinski definition) is 5. The topological polar surface area (TPSA) is 72.7 Å². The van der Waals surface area contributed by atoms with Crippen molar-refractivity contribution in [3.05, 3.63) is 70.8 Å². The summed E-state index contributed by atoms with van der Waals surface area (Å²) in [5.41, 5.74) is 4.69. The first-order chi connectivity index (χ1) is 13.0. The molecule has 0 spiro atoms. The molecule has 0 aliphatic heterocycles. The number of thioether (sulfide) groups is 1. The summed E-state index contributed by atoms with van der Waals surface area (Å²) in [4.78, 5) is 12.3. The third-order valence-electron chi connectivity index (χ3n) is 4.42. The van der Waals surface area contributed by atoms with Crippen molar-refractivity contribution in [3.63, 3.8) is 0 Å². The van der Waals surface area contributed by atoms with Crippen molar-refractivity contribution in [2.75, 3.05) is 5.75 Å². The van der Waals surface area contributed by atoms with Crippen LogP contribution in [0.1, 0.15) is 35.2 Å². The maximum atomic E-state index is 12.3. The molecule has 0 radical (unpaired) electrons. The maximum absolute atomic E-state index is 12.3. The summed E-state index contributed by atoms with van der Waals surface area (Å²) < 4.78 is 1.71. The van der Waals surface area contributed by atoms with E-state index in [2.05, 4.69) is 52.9 Å². The summed E-state index contributed by atoms with van der Waals surface area (Å²) in [6, 6.07) is 16.2. The van der Waals surface area contributed by atoms with E-state index in [-0.39, 0.29) is 17.7 Å². The van der Waals surface area contributed by atoms with Gasteiger partial charge in [-0.1, -0.05) is 60.3 Å². The van der Waals surface area contributed by atoms with Crippen molar-refractivity contribution in [3.8, 4) is 0 Å². The first-order valence-electron chi connectivity index (χ1n) is 8.82. The van der Waals surface area contributed by atoms with Gasteiger partial charge in [0.25, 0.3) is 0 Å². The van der Waals surface area contributed by atoms with Crippen molar-refractivity contribution >= 4 is 17.7 Å². The van der Waals surface area contributed by atoms with Crippen LogP contribution in [-0.2, 0) is 11.3 Å². The number of aromatic nitrogens is 4. The number of benzene rings is 2. The molecular formula is C20H23N5OS. The van der Waals surface area contributed by atoms with E-state index >= 15 is 0 Å². The number of nitrogens with zero attached hydrogens (tertiary/aromatic N) is 4. The molecule has 3 rings (SSSR count). The van der Waals surface area contributed by atoms with E-state index in [1.165, 1.54) is 22.9 Å². The number of tetrazole rings is 1. The Balaban J connectivity index is 1.55. The molecule has 0 fully saturated rings. The lowest BCUT2D eigenvalue weighted by Gasteiger charge is -2.15. The van der Waals surface area contributed by atoms with Crippen LogP contribution < -0.4 is 5.32 Å². The second kappa shape index (κ2) is 8.81. The van der Waals surface area contributed by atoms with Crippen LogP contribution in [0, 0.1) is 13.8 Å². The minimum Gasteiger partial charge on any atom is -0.349 e. The van der Waals surface area contributed by atoms with E-state index in [9.17, 15) is 4.79 Å². The lowest BCUT2D eigenvalue weighted by molar-refractivity contribution is -0.119. The molecule has 0 bridgehead atoms. The number of aryl methyl sites for hydroxylation is 2. The van der Waals surface area contributed by atoms with Gasteiger partial charge in [0.05, 0.1) is 18.3 Å². The van der Waals surface area contributed by atoms with Gasteiger partial charge in [-0.2, -0.15) is 0 Å². The molecule has 2 aromatic carbocycles. The number of carbonyl (C=O) groups excluding carboxylic acids is 1. The minimum atomic E-state index is -0.0438. The standard InChI is InChI=1S/C20H23N5OS/c1-14-9-10-18(11-15(14)2)16(3)21-19(26)13-27-20-22-23-24-25(20)12-17-7-5-4-6-8-17/h4-11,16H,12-13H2,1-3H3,(H,21,26). The van der Waals surface area contributed by atoms with Gasteiger partial charge in [-0.05, 0) is 53.5 Å². The number of rotatable bonds is 7. The fourth-order valence-electron chi connectivity index (χ4n) is 2.69. The highest BCUT2D eigenvalue weighted by Crippen LogP contribution is 2.18. The van der Waals surface area contributed by atoms with Crippen LogP contribution in [0.3, 0.4) is 0 Å². The average Bonchev–Trinajstić information content (AvgIpc) is 3.10. The predicted molar refractivity (Wildman–Crippen MR) is 107 cm³/mol. The monoisotopic (exact) mass is 381 g/mol. The number of hydrogen-bond donors (Lipinski definition) is 1. The Morgan fingerprint density at radius 3 is 2.67 bits per heavy atom. The summed E-state index contributed by atoms with van der Waals surface area (Å²) in [7, 11) is 0. The molecule has 27 heavy (non-hydrogen) atoms. The molecule has 1 unspecified atom stereocenters. The molecule has 0 aliphatic rings. The first-order valence-corrected chi connectivity index (χ1v) is 9.81. The van der Waals surface area contributed by atoms with E-state index in [1.807, 2.05) is 37.3 Å². The van der Waals surface area contributed by atoms with Crippen LogP contribution in [0.2, 0.25) is 0 Å².